The number of hydrogen-bond donors (Lipinski definition) is 0. The van der Waals surface area contributed by atoms with Gasteiger partial charge in [-0.05, 0) is 31.2 Å². The monoisotopic (exact) mass is 304 g/mol. The molecule has 0 bridgehead atoms. The fourth-order valence-corrected chi connectivity index (χ4v) is 1.98. The molecule has 18 heavy (non-hydrogen) atoms. The van der Waals surface area contributed by atoms with Crippen LogP contribution in [0.1, 0.15) is 21.6 Å². The number of halogens is 1. The molecule has 92 valence electrons. The van der Waals surface area contributed by atoms with Crippen LogP contribution in [0.25, 0.3) is 6.08 Å². The quantitative estimate of drug-likeness (QED) is 0.643. The Morgan fingerprint density at radius 3 is 2.83 bits per heavy atom. The van der Waals surface area contributed by atoms with Gasteiger partial charge in [-0.3, -0.25) is 9.48 Å². The molecule has 0 amide bonds. The molecule has 0 saturated carbocycles. The highest BCUT2D eigenvalue weighted by Gasteiger charge is 2.03. The number of hydrogen-bond acceptors (Lipinski definition) is 2. The summed E-state index contributed by atoms with van der Waals surface area (Å²) in [6.45, 7) is 1.97. The predicted octanol–water partition coefficient (Wildman–Crippen LogP) is 3.39. The zero-order valence-corrected chi connectivity index (χ0v) is 11.8. The highest BCUT2D eigenvalue weighted by Crippen LogP contribution is 2.13. The van der Waals surface area contributed by atoms with Crippen molar-refractivity contribution < 1.29 is 4.79 Å². The molecule has 0 atom stereocenters. The Morgan fingerprint density at radius 1 is 1.44 bits per heavy atom. The van der Waals surface area contributed by atoms with Crippen molar-refractivity contribution in [2.45, 2.75) is 6.92 Å². The Kier molecular flexibility index (Phi) is 3.77. The number of carbonyl (C=O) groups is 1. The third kappa shape index (κ3) is 2.76. The molecule has 2 aromatic rings. The average Bonchev–Trinajstić information content (AvgIpc) is 2.67. The first-order chi connectivity index (χ1) is 8.58. The minimum atomic E-state index is -0.0143. The summed E-state index contributed by atoms with van der Waals surface area (Å²) in [6, 6.07) is 7.35. The van der Waals surface area contributed by atoms with Crippen LogP contribution in [0.2, 0.25) is 0 Å². The summed E-state index contributed by atoms with van der Waals surface area (Å²) in [5.41, 5.74) is 2.66. The van der Waals surface area contributed by atoms with Crippen LogP contribution < -0.4 is 0 Å². The van der Waals surface area contributed by atoms with Crippen molar-refractivity contribution in [3.8, 4) is 0 Å². The third-order valence-corrected chi connectivity index (χ3v) is 3.29. The smallest absolute Gasteiger partial charge is 0.185 e. The van der Waals surface area contributed by atoms with E-state index in [0.717, 1.165) is 15.7 Å². The fraction of sp³-hybridized carbons (Fsp3) is 0.143. The van der Waals surface area contributed by atoms with Crippen LogP contribution in [0, 0.1) is 6.92 Å². The van der Waals surface area contributed by atoms with E-state index in [9.17, 15) is 4.79 Å². The number of benzene rings is 1. The van der Waals surface area contributed by atoms with E-state index in [1.807, 2.05) is 32.2 Å². The number of nitrogens with zero attached hydrogens (tertiary/aromatic N) is 2. The van der Waals surface area contributed by atoms with Gasteiger partial charge in [-0.15, -0.1) is 0 Å². The zero-order chi connectivity index (χ0) is 13.1. The predicted molar refractivity (Wildman–Crippen MR) is 75.5 cm³/mol. The molecule has 1 aromatic carbocycles. The van der Waals surface area contributed by atoms with E-state index in [-0.39, 0.29) is 5.78 Å². The summed E-state index contributed by atoms with van der Waals surface area (Å²) in [5, 5.41) is 4.13. The molecule has 4 heteroatoms. The van der Waals surface area contributed by atoms with Crippen LogP contribution >= 0.6 is 15.9 Å². The number of aromatic nitrogens is 2. The lowest BCUT2D eigenvalue weighted by Gasteiger charge is -1.97. The van der Waals surface area contributed by atoms with E-state index < -0.39 is 0 Å². The molecule has 0 saturated heterocycles. The van der Waals surface area contributed by atoms with E-state index >= 15 is 0 Å². The average molecular weight is 305 g/mol. The van der Waals surface area contributed by atoms with Crippen LogP contribution in [0.3, 0.4) is 0 Å². The molecule has 3 nitrogen and oxygen atoms in total. The summed E-state index contributed by atoms with van der Waals surface area (Å²) in [6.07, 6.45) is 5.12. The molecule has 0 spiro atoms. The number of allylic oxidation sites excluding steroid dienone is 1. The van der Waals surface area contributed by atoms with Crippen molar-refractivity contribution in [2.24, 2.45) is 7.05 Å². The number of rotatable bonds is 3. The van der Waals surface area contributed by atoms with Gasteiger partial charge in [-0.25, -0.2) is 0 Å². The summed E-state index contributed by atoms with van der Waals surface area (Å²) in [4.78, 5) is 12.0. The van der Waals surface area contributed by atoms with Crippen LogP contribution in [0.4, 0.5) is 0 Å². The van der Waals surface area contributed by atoms with Crippen molar-refractivity contribution in [3.63, 3.8) is 0 Å². The Labute approximate surface area is 114 Å². The normalized spacial score (nSPS) is 11.1. The van der Waals surface area contributed by atoms with Gasteiger partial charge < -0.3 is 0 Å². The summed E-state index contributed by atoms with van der Waals surface area (Å²) in [5.74, 6) is -0.0143. The second-order valence-electron chi connectivity index (χ2n) is 4.02. The lowest BCUT2D eigenvalue weighted by atomic mass is 10.1. The van der Waals surface area contributed by atoms with Gasteiger partial charge in [0, 0.05) is 28.3 Å². The molecule has 0 unspecified atom stereocenters. The van der Waals surface area contributed by atoms with Crippen molar-refractivity contribution in [1.29, 1.82) is 0 Å². The lowest BCUT2D eigenvalue weighted by Crippen LogP contribution is -1.94. The maximum atomic E-state index is 12.0. The highest BCUT2D eigenvalue weighted by atomic mass is 79.9. The van der Waals surface area contributed by atoms with Gasteiger partial charge in [0.05, 0.1) is 6.20 Å². The Hall–Kier alpha value is -1.68. The molecule has 0 aliphatic rings. The molecule has 0 aliphatic carbocycles. The lowest BCUT2D eigenvalue weighted by molar-refractivity contribution is 0.104. The molecule has 0 aliphatic heterocycles. The SMILES string of the molecule is Cc1c(C=CC(=O)c2cccc(Br)c2)cnn1C. The number of aryl methyl sites for hydroxylation is 1. The molecule has 0 N–H and O–H groups in total. The van der Waals surface area contributed by atoms with Gasteiger partial charge in [-0.2, -0.15) is 5.10 Å². The Morgan fingerprint density at radius 2 is 2.22 bits per heavy atom. The standard InChI is InChI=1S/C14H13BrN2O/c1-10-12(9-16-17(10)2)6-7-14(18)11-4-3-5-13(15)8-11/h3-9H,1-2H3. The second-order valence-corrected chi connectivity index (χ2v) is 4.93. The van der Waals surface area contributed by atoms with Crippen molar-refractivity contribution >= 4 is 27.8 Å². The molecule has 0 fully saturated rings. The van der Waals surface area contributed by atoms with Gasteiger partial charge in [0.25, 0.3) is 0 Å². The zero-order valence-electron chi connectivity index (χ0n) is 10.2. The maximum absolute atomic E-state index is 12.0. The molecule has 2 rings (SSSR count). The molecule has 1 heterocycles. The molecule has 1 aromatic heterocycles. The first-order valence-corrected chi connectivity index (χ1v) is 6.34. The first kappa shape index (κ1) is 12.8. The second kappa shape index (κ2) is 5.31. The maximum Gasteiger partial charge on any atom is 0.185 e. The van der Waals surface area contributed by atoms with Gasteiger partial charge in [0.2, 0.25) is 0 Å². The topological polar surface area (TPSA) is 34.9 Å². The minimum absolute atomic E-state index is 0.0143. The third-order valence-electron chi connectivity index (χ3n) is 2.80. The van der Waals surface area contributed by atoms with E-state index in [1.165, 1.54) is 0 Å². The van der Waals surface area contributed by atoms with Gasteiger partial charge >= 0.3 is 0 Å². The molecule has 0 radical (unpaired) electrons. The van der Waals surface area contributed by atoms with E-state index in [0.29, 0.717) is 5.56 Å². The number of carbonyl (C=O) groups excluding carboxylic acids is 1. The van der Waals surface area contributed by atoms with E-state index in [1.54, 1.807) is 29.1 Å². The van der Waals surface area contributed by atoms with Crippen LogP contribution in [-0.4, -0.2) is 15.6 Å². The van der Waals surface area contributed by atoms with Crippen LogP contribution in [-0.2, 0) is 7.05 Å². The highest BCUT2D eigenvalue weighted by molar-refractivity contribution is 9.10. The summed E-state index contributed by atoms with van der Waals surface area (Å²) in [7, 11) is 1.88. The molecular weight excluding hydrogens is 292 g/mol. The summed E-state index contributed by atoms with van der Waals surface area (Å²) < 4.78 is 2.68. The van der Waals surface area contributed by atoms with E-state index in [2.05, 4.69) is 21.0 Å². The Bertz CT molecular complexity index is 614. The van der Waals surface area contributed by atoms with Crippen molar-refractivity contribution in [3.05, 3.63) is 57.8 Å². The van der Waals surface area contributed by atoms with Crippen LogP contribution in [0.15, 0.2) is 41.0 Å². The van der Waals surface area contributed by atoms with Gasteiger partial charge in [0.1, 0.15) is 0 Å². The van der Waals surface area contributed by atoms with Gasteiger partial charge in [0.15, 0.2) is 5.78 Å². The minimum Gasteiger partial charge on any atom is -0.289 e. The summed E-state index contributed by atoms with van der Waals surface area (Å²) >= 11 is 3.35. The van der Waals surface area contributed by atoms with Crippen LogP contribution in [0.5, 0.6) is 0 Å². The Balaban J connectivity index is 2.19. The number of ketones is 1. The van der Waals surface area contributed by atoms with Crippen molar-refractivity contribution in [2.75, 3.05) is 0 Å². The van der Waals surface area contributed by atoms with E-state index in [4.69, 9.17) is 0 Å². The van der Waals surface area contributed by atoms with Crippen molar-refractivity contribution in [1.82, 2.24) is 9.78 Å². The van der Waals surface area contributed by atoms with Gasteiger partial charge in [-0.1, -0.05) is 28.1 Å². The largest absolute Gasteiger partial charge is 0.289 e. The fourth-order valence-electron chi connectivity index (χ4n) is 1.58. The first-order valence-electron chi connectivity index (χ1n) is 5.54. The molecular formula is C14H13BrN2O.